The van der Waals surface area contributed by atoms with Gasteiger partial charge in [0.25, 0.3) is 5.92 Å². The van der Waals surface area contributed by atoms with Crippen molar-refractivity contribution < 1.29 is 140 Å². The smallest absolute Gasteiger partial charge is 0.247 e. The van der Waals surface area contributed by atoms with E-state index in [2.05, 4.69) is 27.7 Å². The minimum absolute atomic E-state index is 0.116. The van der Waals surface area contributed by atoms with E-state index in [0.717, 1.165) is 32.6 Å². The van der Waals surface area contributed by atoms with Gasteiger partial charge in [0.2, 0.25) is 5.67 Å². The Morgan fingerprint density at radius 2 is 0.670 bits per heavy atom. The van der Waals surface area contributed by atoms with Crippen molar-refractivity contribution in [2.75, 3.05) is 0 Å². The maximum atomic E-state index is 12.9. The lowest BCUT2D eigenvalue weighted by Gasteiger charge is -2.35. The third-order valence-corrected chi connectivity index (χ3v) is 23.5. The van der Waals surface area contributed by atoms with E-state index in [1.165, 1.54) is 61.8 Å². The predicted octanol–water partition coefficient (Wildman–Crippen LogP) is 31.0. The number of alkyl halides is 31. The van der Waals surface area contributed by atoms with Crippen molar-refractivity contribution in [1.29, 1.82) is 0 Å². The number of rotatable bonds is 1. The van der Waals surface area contributed by atoms with Gasteiger partial charge in [0.1, 0.15) is 18.5 Å². The molecular weight excluding hydrogens is 1490 g/mol. The van der Waals surface area contributed by atoms with E-state index in [0.29, 0.717) is 31.1 Å². The molecular formula is C75H125F31. The molecule has 24 atom stereocenters. The highest BCUT2D eigenvalue weighted by Gasteiger charge is 2.88. The maximum absolute atomic E-state index is 12.9. The fraction of sp³-hybridized carbons (Fsp3) is 1.00. The molecule has 0 aromatic carbocycles. The number of hydrogen-bond donors (Lipinski definition) is 0. The summed E-state index contributed by atoms with van der Waals surface area (Å²) >= 11 is 0. The van der Waals surface area contributed by atoms with Crippen molar-refractivity contribution >= 4 is 0 Å². The van der Waals surface area contributed by atoms with Crippen molar-refractivity contribution in [3.63, 3.8) is 0 Å². The molecule has 0 amide bonds. The second-order valence-corrected chi connectivity index (χ2v) is 34.0. The summed E-state index contributed by atoms with van der Waals surface area (Å²) in [4.78, 5) is 0. The third kappa shape index (κ3) is 31.0. The Labute approximate surface area is 615 Å². The van der Waals surface area contributed by atoms with Crippen LogP contribution < -0.4 is 0 Å². The molecule has 0 N–H and O–H groups in total. The molecule has 0 heterocycles. The molecule has 0 radical (unpaired) electrons. The van der Waals surface area contributed by atoms with Crippen LogP contribution in [0.1, 0.15) is 261 Å². The highest BCUT2D eigenvalue weighted by molar-refractivity contribution is 5.19. The zero-order valence-corrected chi connectivity index (χ0v) is 66.2. The lowest BCUT2D eigenvalue weighted by atomic mass is 9.73. The minimum Gasteiger partial charge on any atom is -0.247 e. The average Bonchev–Trinajstić information content (AvgIpc) is 1.53. The van der Waals surface area contributed by atoms with Crippen LogP contribution in [0.25, 0.3) is 0 Å². The van der Waals surface area contributed by atoms with Gasteiger partial charge < -0.3 is 0 Å². The Morgan fingerprint density at radius 3 is 0.811 bits per heavy atom. The molecule has 7 rings (SSSR count). The Hall–Kier alpha value is -2.17. The molecule has 7 fully saturated rings. The van der Waals surface area contributed by atoms with Gasteiger partial charge in [-0.15, -0.1) is 0 Å². The quantitative estimate of drug-likeness (QED) is 0.230. The molecule has 0 spiro atoms. The molecule has 106 heavy (non-hydrogen) atoms. The van der Waals surface area contributed by atoms with Crippen LogP contribution in [0.4, 0.5) is 136 Å². The van der Waals surface area contributed by atoms with E-state index in [4.69, 9.17) is 4.11 Å². The summed E-state index contributed by atoms with van der Waals surface area (Å²) in [5, 5.41) is 0. The lowest BCUT2D eigenvalue weighted by molar-refractivity contribution is -0.248. The minimum atomic E-state index is -5.36. The molecule has 0 saturated heterocycles. The Kier molecular flexibility index (Phi) is 38.6. The van der Waals surface area contributed by atoms with Crippen molar-refractivity contribution in [2.24, 2.45) is 135 Å². The monoisotopic (exact) mass is 1620 g/mol. The molecule has 642 valence electrons. The first-order chi connectivity index (χ1) is 47.6. The summed E-state index contributed by atoms with van der Waals surface area (Å²) in [6.45, 7) is 40.5. The van der Waals surface area contributed by atoms with Gasteiger partial charge >= 0.3 is 55.1 Å². The zero-order valence-electron chi connectivity index (χ0n) is 69.2. The van der Waals surface area contributed by atoms with E-state index >= 15 is 0 Å². The Balaban J connectivity index is -0.00000116. The van der Waals surface area contributed by atoms with Gasteiger partial charge in [0.05, 0.1) is 46.8 Å². The first-order valence-electron chi connectivity index (χ1n) is 37.8. The maximum Gasteiger partial charge on any atom is 0.393 e. The van der Waals surface area contributed by atoms with Crippen LogP contribution in [0.5, 0.6) is 0 Å². The summed E-state index contributed by atoms with van der Waals surface area (Å²) in [6.07, 6.45) is -28.7. The average molecular weight is 1620 g/mol. The molecule has 31 heteroatoms. The van der Waals surface area contributed by atoms with Gasteiger partial charge in [-0.3, -0.25) is 0 Å². The fourth-order valence-electron chi connectivity index (χ4n) is 13.6. The topological polar surface area (TPSA) is 0 Å². The molecule has 7 aliphatic rings. The van der Waals surface area contributed by atoms with Crippen LogP contribution in [0, 0.1) is 135 Å². The molecule has 0 bridgehead atoms. The van der Waals surface area contributed by atoms with E-state index in [-0.39, 0.29) is 73.5 Å². The van der Waals surface area contributed by atoms with Gasteiger partial charge in [-0.1, -0.05) is 199 Å². The largest absolute Gasteiger partial charge is 0.393 e. The number of hydrogen-bond acceptors (Lipinski definition) is 0. The van der Waals surface area contributed by atoms with E-state index < -0.39 is 174 Å². The van der Waals surface area contributed by atoms with Crippen molar-refractivity contribution in [3.05, 3.63) is 0 Å². The van der Waals surface area contributed by atoms with Gasteiger partial charge in [-0.25, -0.2) is 26.3 Å². The van der Waals surface area contributed by atoms with Crippen LogP contribution in [0.2, 0.25) is 0 Å². The van der Waals surface area contributed by atoms with E-state index in [1.807, 2.05) is 41.5 Å². The van der Waals surface area contributed by atoms with Gasteiger partial charge in [-0.05, 0) is 134 Å². The summed E-state index contributed by atoms with van der Waals surface area (Å²) < 4.78 is 407. The molecule has 17 unspecified atom stereocenters. The summed E-state index contributed by atoms with van der Waals surface area (Å²) in [5.74, 6) is -32.7. The van der Waals surface area contributed by atoms with E-state index in [1.54, 1.807) is 34.6 Å². The van der Waals surface area contributed by atoms with Crippen LogP contribution in [-0.2, 0) is 0 Å². The van der Waals surface area contributed by atoms with Gasteiger partial charge in [0.15, 0.2) is 0 Å². The van der Waals surface area contributed by atoms with Crippen LogP contribution in [0.3, 0.4) is 0 Å². The fourth-order valence-corrected chi connectivity index (χ4v) is 13.6. The summed E-state index contributed by atoms with van der Waals surface area (Å²) in [5.41, 5.74) is -5.73. The Morgan fingerprint density at radius 1 is 0.349 bits per heavy atom. The number of halogens is 31. The molecule has 0 aliphatic heterocycles. The zero-order chi connectivity index (χ0) is 88.5. The van der Waals surface area contributed by atoms with Crippen LogP contribution in [-0.4, -0.2) is 85.2 Å². The standard InChI is InChI=1S/C10H14F6.C9H15F3.3C8H13F3.C7H7F7.C7H11F3.C6H11F3.2C6H14/c1-4-5(2)8(10(14,15)16)6(3)7(4)9(11,12)13;1-6-4-3-5-8(7(6)2)9(10,11)12;1-5-3-6(2)7(4-5)8(9,10)11;2*1-5-3-4-7(6(5)2)8(9,10)11;1-3-5(9,10)4(2,8)7(13,14)6(3,11)12;1-3-5(8)4(2)7(10)6(3)9;1-4-5(2,3)6(7,8)9;2*1-5-6(2,3)4/h4-8H,1-3H3;6-8H,3-5H2,1-2H3;3*5-7H,3-4H2,1-2H3;3H,1-2H3;3-7H,1-2H3;4H2,1-3H3;2*5H2,1-4H3/t4-,5?,6?,7?,8?;6?,7-,8?;5-,6?,7?;2*5?,6-,7?;3-,4?;3-,4?,5?,6?,7?;;;/m1101100.../s1/i;;;6D;;;;;5D2;. The highest BCUT2D eigenvalue weighted by atomic mass is 19.4. The normalized spacial score (nSPS) is 37.7. The molecule has 0 aromatic rings. The second kappa shape index (κ2) is 40.2. The summed E-state index contributed by atoms with van der Waals surface area (Å²) in [6, 6.07) is 0. The highest BCUT2D eigenvalue weighted by Crippen LogP contribution is 2.65. The molecule has 7 aliphatic carbocycles. The molecule has 0 nitrogen and oxygen atoms in total. The summed E-state index contributed by atoms with van der Waals surface area (Å²) in [7, 11) is 0. The van der Waals surface area contributed by atoms with Gasteiger partial charge in [0, 0.05) is 15.9 Å². The van der Waals surface area contributed by atoms with Crippen LogP contribution in [0.15, 0.2) is 0 Å². The lowest BCUT2D eigenvalue weighted by Crippen LogP contribution is -2.52. The van der Waals surface area contributed by atoms with Crippen molar-refractivity contribution in [2.45, 2.75) is 342 Å². The SMILES string of the molecule is CC1C(C(F)(F)F)C(C)[C@@H](C)C1C(F)(F)F.CC1C(F)C(F)[C@@H](C)C1F.CC1CCC(C(F)(F)F)[C@@H]1C.CC1CCCC(C(F)(F)F)[C@@H]1C.CC1C[C@H](C)CC1C(F)(F)F.CCC(C)(C)C.CCC(C)(C)C(F)(F)F.C[C@H]1C(F)(F)C(C)(F)C(F)(F)C1(F)F.[2H]C([2H])(C)C(C)(C)C.[2H][C@@]1(C)C(C)CCC1C(F)(F)F. The Bertz CT molecular complexity index is 2440. The van der Waals surface area contributed by atoms with Crippen molar-refractivity contribution in [3.8, 4) is 0 Å². The predicted molar refractivity (Wildman–Crippen MR) is 356 cm³/mol. The van der Waals surface area contributed by atoms with Crippen molar-refractivity contribution in [1.82, 2.24) is 0 Å². The first kappa shape index (κ1) is 102. The first-order valence-corrected chi connectivity index (χ1v) is 36.3. The molecule has 0 aromatic heterocycles. The van der Waals surface area contributed by atoms with Crippen LogP contribution >= 0.6 is 0 Å². The third-order valence-electron chi connectivity index (χ3n) is 23.5. The molecule has 7 saturated carbocycles. The van der Waals surface area contributed by atoms with E-state index in [9.17, 15) is 136 Å². The second-order valence-electron chi connectivity index (χ2n) is 34.0. The van der Waals surface area contributed by atoms with Gasteiger partial charge in [-0.2, -0.15) is 110 Å².